The highest BCUT2D eigenvalue weighted by Crippen LogP contribution is 2.24. The first kappa shape index (κ1) is 28.8. The third-order valence-corrected chi connectivity index (χ3v) is 7.88. The molecular formula is C31H39N5O5. The summed E-state index contributed by atoms with van der Waals surface area (Å²) < 4.78 is 10.6. The van der Waals surface area contributed by atoms with Gasteiger partial charge in [-0.25, -0.2) is 4.79 Å². The van der Waals surface area contributed by atoms with Gasteiger partial charge in [0.15, 0.2) is 0 Å². The number of alkyl carbamates (subject to hydrolysis) is 1. The summed E-state index contributed by atoms with van der Waals surface area (Å²) in [5.74, 6) is 0.867. The molecule has 0 radical (unpaired) electrons. The third-order valence-electron chi connectivity index (χ3n) is 7.88. The highest BCUT2D eigenvalue weighted by molar-refractivity contribution is 5.94. The van der Waals surface area contributed by atoms with E-state index in [-0.39, 0.29) is 17.8 Å². The Labute approximate surface area is 240 Å². The van der Waals surface area contributed by atoms with Crippen LogP contribution in [-0.2, 0) is 24.0 Å². The number of rotatable bonds is 12. The van der Waals surface area contributed by atoms with Gasteiger partial charge in [0, 0.05) is 11.6 Å². The smallest absolute Gasteiger partial charge is 0.407 e. The van der Waals surface area contributed by atoms with Crippen molar-refractivity contribution in [1.29, 1.82) is 0 Å². The van der Waals surface area contributed by atoms with Crippen LogP contribution in [-0.4, -0.2) is 59.0 Å². The maximum Gasteiger partial charge on any atom is 0.407 e. The lowest BCUT2D eigenvalue weighted by molar-refractivity contribution is 0.0926. The summed E-state index contributed by atoms with van der Waals surface area (Å²) in [4.78, 5) is 29.5. The van der Waals surface area contributed by atoms with Crippen LogP contribution in [0.25, 0.3) is 0 Å². The average Bonchev–Trinajstić information content (AvgIpc) is 3.75. The van der Waals surface area contributed by atoms with Crippen LogP contribution in [0.15, 0.2) is 53.1 Å². The molecule has 1 fully saturated rings. The molecule has 1 saturated heterocycles. The fourth-order valence-electron chi connectivity index (χ4n) is 5.59. The lowest BCUT2D eigenvalue weighted by Gasteiger charge is -2.23. The quantitative estimate of drug-likeness (QED) is 0.264. The molecule has 1 aliphatic heterocycles. The molecule has 0 spiro atoms. The van der Waals surface area contributed by atoms with E-state index in [2.05, 4.69) is 38.2 Å². The Bertz CT molecular complexity index is 1280. The van der Waals surface area contributed by atoms with E-state index < -0.39 is 18.2 Å². The van der Waals surface area contributed by atoms with E-state index in [1.807, 2.05) is 31.2 Å². The zero-order valence-electron chi connectivity index (χ0n) is 23.5. The Morgan fingerprint density at radius 1 is 1.15 bits per heavy atom. The molecule has 4 N–H and O–H groups in total. The Morgan fingerprint density at radius 2 is 1.90 bits per heavy atom. The molecule has 0 bridgehead atoms. The van der Waals surface area contributed by atoms with Crippen molar-refractivity contribution in [3.8, 4) is 0 Å². The lowest BCUT2D eigenvalue weighted by atomic mass is 9.96. The van der Waals surface area contributed by atoms with Crippen molar-refractivity contribution in [3.63, 3.8) is 0 Å². The van der Waals surface area contributed by atoms with Gasteiger partial charge in [0.05, 0.1) is 19.1 Å². The van der Waals surface area contributed by atoms with Crippen molar-refractivity contribution in [2.75, 3.05) is 19.7 Å². The molecule has 10 heteroatoms. The van der Waals surface area contributed by atoms with E-state index in [0.717, 1.165) is 44.3 Å². The zero-order chi connectivity index (χ0) is 28.6. The monoisotopic (exact) mass is 561 g/mol. The van der Waals surface area contributed by atoms with Crippen LogP contribution in [0.1, 0.15) is 77.5 Å². The van der Waals surface area contributed by atoms with Gasteiger partial charge in [0.25, 0.3) is 5.91 Å². The largest absolute Gasteiger partial charge is 0.450 e. The van der Waals surface area contributed by atoms with Gasteiger partial charge in [-0.15, -0.1) is 0 Å². The minimum Gasteiger partial charge on any atom is -0.450 e. The highest BCUT2D eigenvalue weighted by atomic mass is 16.5. The number of benzene rings is 2. The van der Waals surface area contributed by atoms with Crippen LogP contribution in [0.2, 0.25) is 0 Å². The van der Waals surface area contributed by atoms with Gasteiger partial charge < -0.3 is 30.3 Å². The summed E-state index contributed by atoms with van der Waals surface area (Å²) in [6, 6.07) is 15.1. The van der Waals surface area contributed by atoms with Crippen LogP contribution >= 0.6 is 0 Å². The standard InChI is InChI=1S/C31H39N5O5/c1-2-15-40-31(39)34-26(12-9-21-13-14-32-19-21)28(37)29-35-27(41-36-29)16-20-7-10-22(11-8-20)30(38)33-25-17-23-5-3-4-6-24(23)18-25/h3-8,10-11,21,25-26,28,32,37H,2,9,12-19H2,1H3,(H,33,38)(H,34,39)/t21-,26-,28+/m1/s1. The molecule has 218 valence electrons. The maximum absolute atomic E-state index is 12.8. The summed E-state index contributed by atoms with van der Waals surface area (Å²) in [5, 5.41) is 24.3. The lowest BCUT2D eigenvalue weighted by Crippen LogP contribution is -2.40. The van der Waals surface area contributed by atoms with E-state index in [4.69, 9.17) is 9.26 Å². The summed E-state index contributed by atoms with van der Waals surface area (Å²) in [7, 11) is 0. The summed E-state index contributed by atoms with van der Waals surface area (Å²) >= 11 is 0. The van der Waals surface area contributed by atoms with E-state index >= 15 is 0 Å². The number of nitrogens with one attached hydrogen (secondary N) is 3. The van der Waals surface area contributed by atoms with Gasteiger partial charge >= 0.3 is 6.09 Å². The molecular weight excluding hydrogens is 522 g/mol. The highest BCUT2D eigenvalue weighted by Gasteiger charge is 2.29. The number of hydrogen-bond donors (Lipinski definition) is 4. The van der Waals surface area contributed by atoms with E-state index in [0.29, 0.717) is 43.2 Å². The SMILES string of the molecule is CCCOC(=O)N[C@H](CC[C@@H]1CCNC1)[C@H](O)c1noc(Cc2ccc(C(=O)NC3Cc4ccccc4C3)cc2)n1. The molecule has 0 saturated carbocycles. The van der Waals surface area contributed by atoms with E-state index in [9.17, 15) is 14.7 Å². The first-order valence-corrected chi connectivity index (χ1v) is 14.6. The Balaban J connectivity index is 1.16. The number of nitrogens with zero attached hydrogens (tertiary/aromatic N) is 2. The zero-order valence-corrected chi connectivity index (χ0v) is 23.5. The average molecular weight is 562 g/mol. The number of aliphatic hydroxyl groups excluding tert-OH is 1. The number of aliphatic hydroxyl groups is 1. The molecule has 41 heavy (non-hydrogen) atoms. The fraction of sp³-hybridized carbons (Fsp3) is 0.484. The van der Waals surface area contributed by atoms with Crippen LogP contribution in [0.4, 0.5) is 4.79 Å². The van der Waals surface area contributed by atoms with Gasteiger partial charge in [0.1, 0.15) is 6.10 Å². The number of amides is 2. The normalized spacial score (nSPS) is 18.0. The Morgan fingerprint density at radius 3 is 2.59 bits per heavy atom. The summed E-state index contributed by atoms with van der Waals surface area (Å²) in [6.45, 7) is 4.15. The van der Waals surface area contributed by atoms with Gasteiger partial charge in [0.2, 0.25) is 11.7 Å². The molecule has 10 nitrogen and oxygen atoms in total. The van der Waals surface area contributed by atoms with Crippen molar-refractivity contribution < 1.29 is 24.0 Å². The van der Waals surface area contributed by atoms with Gasteiger partial charge in [-0.2, -0.15) is 4.98 Å². The molecule has 2 aliphatic rings. The van der Waals surface area contributed by atoms with Crippen molar-refractivity contribution in [2.45, 2.75) is 70.1 Å². The molecule has 2 aromatic carbocycles. The minimum atomic E-state index is -1.14. The third kappa shape index (κ3) is 7.71. The number of ether oxygens (including phenoxy) is 1. The molecule has 1 aliphatic carbocycles. The summed E-state index contributed by atoms with van der Waals surface area (Å²) in [5.41, 5.74) is 4.07. The van der Waals surface area contributed by atoms with Crippen molar-refractivity contribution in [1.82, 2.24) is 26.1 Å². The molecule has 2 heterocycles. The van der Waals surface area contributed by atoms with E-state index in [1.165, 1.54) is 11.1 Å². The van der Waals surface area contributed by atoms with Crippen LogP contribution in [0.5, 0.6) is 0 Å². The second-order valence-electron chi connectivity index (χ2n) is 11.0. The second kappa shape index (κ2) is 13.7. The van der Waals surface area contributed by atoms with Crippen molar-refractivity contribution >= 4 is 12.0 Å². The van der Waals surface area contributed by atoms with Crippen molar-refractivity contribution in [3.05, 3.63) is 82.5 Å². The molecule has 2 amide bonds. The number of carbonyl (C=O) groups excluding carboxylic acids is 2. The topological polar surface area (TPSA) is 139 Å². The fourth-order valence-corrected chi connectivity index (χ4v) is 5.59. The van der Waals surface area contributed by atoms with E-state index in [1.54, 1.807) is 12.1 Å². The number of carbonyl (C=O) groups is 2. The molecule has 0 unspecified atom stereocenters. The van der Waals surface area contributed by atoms with Gasteiger partial charge in [-0.1, -0.05) is 48.5 Å². The molecule has 1 aromatic heterocycles. The van der Waals surface area contributed by atoms with Crippen molar-refractivity contribution in [2.24, 2.45) is 5.92 Å². The summed E-state index contributed by atoms with van der Waals surface area (Å²) in [6.07, 6.45) is 3.54. The van der Waals surface area contributed by atoms with Gasteiger partial charge in [-0.3, -0.25) is 4.79 Å². The minimum absolute atomic E-state index is 0.0954. The number of fused-ring (bicyclic) bond motifs is 1. The predicted octanol–water partition coefficient (Wildman–Crippen LogP) is 3.49. The first-order chi connectivity index (χ1) is 20.0. The number of hydrogen-bond acceptors (Lipinski definition) is 8. The van der Waals surface area contributed by atoms with Crippen LogP contribution in [0.3, 0.4) is 0 Å². The van der Waals surface area contributed by atoms with Gasteiger partial charge in [-0.05, 0) is 86.4 Å². The maximum atomic E-state index is 12.8. The van der Waals surface area contributed by atoms with Crippen LogP contribution < -0.4 is 16.0 Å². The van der Waals surface area contributed by atoms with Crippen LogP contribution in [0, 0.1) is 5.92 Å². The number of aromatic nitrogens is 2. The predicted molar refractivity (Wildman–Crippen MR) is 152 cm³/mol. The Kier molecular flexibility index (Phi) is 9.63. The first-order valence-electron chi connectivity index (χ1n) is 14.6. The molecule has 3 atom stereocenters. The Hall–Kier alpha value is -3.76. The second-order valence-corrected chi connectivity index (χ2v) is 11.0. The molecule has 3 aromatic rings. The molecule has 5 rings (SSSR count).